The first-order chi connectivity index (χ1) is 4.35. The molecule has 0 N–H and O–H groups in total. The van der Waals surface area contributed by atoms with Gasteiger partial charge in [0.1, 0.15) is 0 Å². The zero-order valence-corrected chi connectivity index (χ0v) is 7.11. The summed E-state index contributed by atoms with van der Waals surface area (Å²) >= 11 is 0. The molecule has 0 saturated carbocycles. The molecule has 0 aliphatic rings. The predicted molar refractivity (Wildman–Crippen MR) is 51.9 cm³/mol. The third kappa shape index (κ3) is 4.10. The molecule has 0 aliphatic heterocycles. The van der Waals surface area contributed by atoms with Gasteiger partial charge in [-0.05, 0) is 36.9 Å². The summed E-state index contributed by atoms with van der Waals surface area (Å²) in [6.07, 6.45) is 4.14. The number of allylic oxidation sites excluding steroid dienone is 2. The summed E-state index contributed by atoms with van der Waals surface area (Å²) in [5.74, 6) is 0. The van der Waals surface area contributed by atoms with Gasteiger partial charge in [0.05, 0.1) is 0 Å². The van der Waals surface area contributed by atoms with E-state index in [9.17, 15) is 0 Å². The molecule has 0 spiro atoms. The van der Waals surface area contributed by atoms with Crippen LogP contribution in [0.2, 0.25) is 0 Å². The van der Waals surface area contributed by atoms with E-state index >= 15 is 0 Å². The minimum atomic E-state index is 0.300. The average molecular weight is 142 g/mol. The molecule has 0 aromatic carbocycles. The summed E-state index contributed by atoms with van der Waals surface area (Å²) in [5.41, 5.74) is 0. The number of hydrogen-bond acceptors (Lipinski definition) is 0. The molecule has 0 aromatic rings. The second-order valence-corrected chi connectivity index (χ2v) is 3.57. The normalized spacial score (nSPS) is 9.22. The fourth-order valence-electron chi connectivity index (χ4n) is 0.463. The highest BCUT2D eigenvalue weighted by atomic mass is 32.1. The molecule has 0 heterocycles. The van der Waals surface area contributed by atoms with Crippen molar-refractivity contribution in [3.63, 3.8) is 0 Å². The lowest BCUT2D eigenvalue weighted by Crippen LogP contribution is -1.59. The maximum Gasteiger partial charge on any atom is -0.0194 e. The van der Waals surface area contributed by atoms with E-state index < -0.39 is 0 Å². The van der Waals surface area contributed by atoms with Crippen molar-refractivity contribution in [2.24, 2.45) is 0 Å². The molecule has 0 fully saturated rings. The molecule has 52 valence electrons. The van der Waals surface area contributed by atoms with Gasteiger partial charge in [-0.15, -0.1) is 0 Å². The lowest BCUT2D eigenvalue weighted by Gasteiger charge is -1.72. The van der Waals surface area contributed by atoms with Crippen LogP contribution in [0.1, 0.15) is 20.8 Å². The summed E-state index contributed by atoms with van der Waals surface area (Å²) in [6, 6.07) is 0. The Morgan fingerprint density at radius 1 is 1.00 bits per heavy atom. The van der Waals surface area contributed by atoms with Crippen LogP contribution in [0.25, 0.3) is 0 Å². The second-order valence-electron chi connectivity index (χ2n) is 1.54. The molecular formula is C8H14S. The maximum absolute atomic E-state index is 2.19. The van der Waals surface area contributed by atoms with Crippen LogP contribution in [0.5, 0.6) is 0 Å². The Hall–Kier alpha value is -0.430. The van der Waals surface area contributed by atoms with Crippen molar-refractivity contribution >= 4 is 25.8 Å². The van der Waals surface area contributed by atoms with E-state index in [2.05, 4.69) is 36.0 Å². The Kier molecular flexibility index (Phi) is 5.43. The van der Waals surface area contributed by atoms with Crippen LogP contribution in [0.3, 0.4) is 0 Å². The van der Waals surface area contributed by atoms with Crippen molar-refractivity contribution < 1.29 is 0 Å². The molecule has 0 aliphatic carbocycles. The predicted octanol–water partition coefficient (Wildman–Crippen LogP) is 2.28. The summed E-state index contributed by atoms with van der Waals surface area (Å²) in [7, 11) is 0.300. The Morgan fingerprint density at radius 3 is 1.89 bits per heavy atom. The molecule has 0 amide bonds. The first-order valence-electron chi connectivity index (χ1n) is 3.11. The summed E-state index contributed by atoms with van der Waals surface area (Å²) in [5, 5.41) is 6.58. The third-order valence-corrected chi connectivity index (χ3v) is 2.53. The van der Waals surface area contributed by atoms with Gasteiger partial charge in [0.25, 0.3) is 0 Å². The monoisotopic (exact) mass is 142 g/mol. The largest absolute Gasteiger partial charge is 0.205 e. The highest BCUT2D eigenvalue weighted by molar-refractivity contribution is 8.11. The fraction of sp³-hybridized carbons (Fsp3) is 0.375. The van der Waals surface area contributed by atoms with Crippen LogP contribution in [-0.4, -0.2) is 16.1 Å². The maximum atomic E-state index is 2.19. The van der Waals surface area contributed by atoms with Crippen molar-refractivity contribution in [2.45, 2.75) is 20.8 Å². The van der Waals surface area contributed by atoms with E-state index in [1.807, 2.05) is 13.0 Å². The Balaban J connectivity index is 4.51. The van der Waals surface area contributed by atoms with E-state index in [1.54, 1.807) is 0 Å². The van der Waals surface area contributed by atoms with Crippen molar-refractivity contribution in [3.05, 3.63) is 12.2 Å². The van der Waals surface area contributed by atoms with E-state index in [-0.39, 0.29) is 0 Å². The van der Waals surface area contributed by atoms with Crippen molar-refractivity contribution in [2.75, 3.05) is 0 Å². The lowest BCUT2D eigenvalue weighted by atomic mass is 10.6. The first kappa shape index (κ1) is 8.57. The van der Waals surface area contributed by atoms with Gasteiger partial charge in [-0.25, -0.2) is 9.66 Å². The molecule has 0 unspecified atom stereocenters. The minimum Gasteiger partial charge on any atom is -0.205 e. The molecule has 0 nitrogen and oxygen atoms in total. The smallest absolute Gasteiger partial charge is 0.0194 e. The Bertz CT molecular complexity index is 201. The topological polar surface area (TPSA) is 0 Å². The standard InChI is InChI=1S/C8H14S/c1-4-7-8-9(5-2)6-3/h4-8H,1-3H3. The SMILES string of the molecule is CC=CC=S(=CC)=CC. The van der Waals surface area contributed by atoms with Crippen LogP contribution in [0, 0.1) is 0 Å². The molecule has 0 aromatic heterocycles. The van der Waals surface area contributed by atoms with E-state index in [4.69, 9.17) is 0 Å². The Morgan fingerprint density at radius 2 is 1.56 bits per heavy atom. The van der Waals surface area contributed by atoms with Crippen LogP contribution < -0.4 is 0 Å². The molecule has 0 rings (SSSR count). The van der Waals surface area contributed by atoms with Gasteiger partial charge in [0.15, 0.2) is 0 Å². The van der Waals surface area contributed by atoms with Crippen LogP contribution in [0.4, 0.5) is 0 Å². The first-order valence-corrected chi connectivity index (χ1v) is 4.52. The summed E-state index contributed by atoms with van der Waals surface area (Å²) < 4.78 is 0. The minimum absolute atomic E-state index is 0.300. The van der Waals surface area contributed by atoms with Crippen molar-refractivity contribution in [3.8, 4) is 0 Å². The van der Waals surface area contributed by atoms with Crippen molar-refractivity contribution in [1.82, 2.24) is 0 Å². The van der Waals surface area contributed by atoms with Crippen LogP contribution in [-0.2, 0) is 0 Å². The van der Waals surface area contributed by atoms with Gasteiger partial charge in [0.2, 0.25) is 0 Å². The van der Waals surface area contributed by atoms with E-state index in [0.717, 1.165) is 0 Å². The number of rotatable bonds is 1. The average Bonchev–Trinajstić information content (AvgIpc) is 1.91. The molecule has 0 atom stereocenters. The fourth-order valence-corrected chi connectivity index (χ4v) is 1.39. The zero-order chi connectivity index (χ0) is 7.11. The van der Waals surface area contributed by atoms with Gasteiger partial charge in [-0.1, -0.05) is 12.2 Å². The quantitative estimate of drug-likeness (QED) is 0.389. The van der Waals surface area contributed by atoms with Crippen LogP contribution >= 0.6 is 9.66 Å². The molecule has 1 heteroatoms. The molecular weight excluding hydrogens is 128 g/mol. The van der Waals surface area contributed by atoms with E-state index in [1.165, 1.54) is 0 Å². The van der Waals surface area contributed by atoms with Gasteiger partial charge in [-0.2, -0.15) is 0 Å². The van der Waals surface area contributed by atoms with Gasteiger partial charge < -0.3 is 0 Å². The molecule has 0 saturated heterocycles. The van der Waals surface area contributed by atoms with Crippen molar-refractivity contribution in [1.29, 1.82) is 0 Å². The number of hydrogen-bond donors (Lipinski definition) is 0. The zero-order valence-electron chi connectivity index (χ0n) is 6.29. The molecule has 0 radical (unpaired) electrons. The lowest BCUT2D eigenvalue weighted by molar-refractivity contribution is 1.78. The second kappa shape index (κ2) is 5.70. The Labute approximate surface area is 59.3 Å². The third-order valence-electron chi connectivity index (χ3n) is 0.972. The van der Waals surface area contributed by atoms with Crippen LogP contribution in [0.15, 0.2) is 12.2 Å². The summed E-state index contributed by atoms with van der Waals surface area (Å²) in [6.45, 7) is 6.20. The van der Waals surface area contributed by atoms with Gasteiger partial charge in [0, 0.05) is 0 Å². The molecule has 0 bridgehead atoms. The highest BCUT2D eigenvalue weighted by Crippen LogP contribution is 1.78. The van der Waals surface area contributed by atoms with E-state index in [0.29, 0.717) is 9.66 Å². The molecule has 9 heavy (non-hydrogen) atoms. The summed E-state index contributed by atoms with van der Waals surface area (Å²) in [4.78, 5) is 0. The van der Waals surface area contributed by atoms with Gasteiger partial charge >= 0.3 is 0 Å². The highest BCUT2D eigenvalue weighted by Gasteiger charge is 1.56. The van der Waals surface area contributed by atoms with Gasteiger partial charge in [-0.3, -0.25) is 0 Å².